The quantitative estimate of drug-likeness (QED) is 0.682. The van der Waals surface area contributed by atoms with E-state index in [2.05, 4.69) is 5.32 Å². The first-order valence-electron chi connectivity index (χ1n) is 7.92. The zero-order valence-electron chi connectivity index (χ0n) is 13.9. The number of nitrogens with one attached hydrogen (secondary N) is 1. The molecule has 1 amide bonds. The lowest BCUT2D eigenvalue weighted by Crippen LogP contribution is -2.46. The summed E-state index contributed by atoms with van der Waals surface area (Å²) in [5.74, 6) is -1.51. The number of phenols is 1. The van der Waals surface area contributed by atoms with Crippen LogP contribution in [0.1, 0.15) is 18.1 Å². The molecule has 0 aliphatic heterocycles. The molecule has 0 fully saturated rings. The van der Waals surface area contributed by atoms with Crippen LogP contribution in [0.3, 0.4) is 0 Å². The molecule has 0 aromatic heterocycles. The van der Waals surface area contributed by atoms with Crippen molar-refractivity contribution in [2.24, 2.45) is 0 Å². The Bertz CT molecular complexity index is 700. The molecule has 2 unspecified atom stereocenters. The van der Waals surface area contributed by atoms with Gasteiger partial charge >= 0.3 is 5.97 Å². The van der Waals surface area contributed by atoms with Crippen molar-refractivity contribution in [3.05, 3.63) is 65.7 Å². The predicted octanol–water partition coefficient (Wildman–Crippen LogP) is 2.11. The summed E-state index contributed by atoms with van der Waals surface area (Å²) in [6.45, 7) is 1.85. The Labute approximate surface area is 146 Å². The number of hydrogen-bond donors (Lipinski definition) is 3. The Kier molecular flexibility index (Phi) is 6.54. The van der Waals surface area contributed by atoms with E-state index in [1.165, 1.54) is 12.1 Å². The number of carboxylic acid groups (broad SMARTS) is 1. The van der Waals surface area contributed by atoms with Gasteiger partial charge in [0.1, 0.15) is 17.9 Å². The number of ether oxygens (including phenoxy) is 1. The molecule has 2 rings (SSSR count). The van der Waals surface area contributed by atoms with Crippen molar-refractivity contribution < 1.29 is 24.5 Å². The monoisotopic (exact) mass is 343 g/mol. The molecular weight excluding hydrogens is 322 g/mol. The average Bonchev–Trinajstić information content (AvgIpc) is 2.61. The molecule has 0 bridgehead atoms. The standard InChI is InChI=1S/C19H21NO5/c1-13(25-12-15-5-3-2-4-6-15)18(22)20-17(19(23)24)11-14-7-9-16(21)10-8-14/h2-10,13,17,21H,11-12H2,1H3,(H,20,22)(H,23,24). The van der Waals surface area contributed by atoms with Gasteiger partial charge in [-0.3, -0.25) is 4.79 Å². The van der Waals surface area contributed by atoms with E-state index in [1.54, 1.807) is 19.1 Å². The third-order valence-corrected chi connectivity index (χ3v) is 3.70. The Balaban J connectivity index is 1.90. The molecule has 2 aromatic carbocycles. The third kappa shape index (κ3) is 5.93. The summed E-state index contributed by atoms with van der Waals surface area (Å²) < 4.78 is 5.50. The summed E-state index contributed by atoms with van der Waals surface area (Å²) in [5.41, 5.74) is 1.63. The van der Waals surface area contributed by atoms with Crippen molar-refractivity contribution in [2.75, 3.05) is 0 Å². The number of carbonyl (C=O) groups is 2. The van der Waals surface area contributed by atoms with E-state index in [0.717, 1.165) is 5.56 Å². The largest absolute Gasteiger partial charge is 0.508 e. The van der Waals surface area contributed by atoms with Crippen LogP contribution >= 0.6 is 0 Å². The van der Waals surface area contributed by atoms with Gasteiger partial charge in [0.15, 0.2) is 0 Å². The van der Waals surface area contributed by atoms with E-state index in [1.807, 2.05) is 30.3 Å². The van der Waals surface area contributed by atoms with Crippen LogP contribution in [0.15, 0.2) is 54.6 Å². The van der Waals surface area contributed by atoms with Gasteiger partial charge in [0, 0.05) is 6.42 Å². The van der Waals surface area contributed by atoms with Gasteiger partial charge in [-0.1, -0.05) is 42.5 Å². The number of benzene rings is 2. The number of phenolic OH excluding ortho intramolecular Hbond substituents is 1. The van der Waals surface area contributed by atoms with Crippen LogP contribution in [-0.4, -0.2) is 34.2 Å². The van der Waals surface area contributed by atoms with Gasteiger partial charge in [-0.2, -0.15) is 0 Å². The van der Waals surface area contributed by atoms with Crippen LogP contribution in [0.4, 0.5) is 0 Å². The maximum absolute atomic E-state index is 12.2. The van der Waals surface area contributed by atoms with Gasteiger partial charge in [0.2, 0.25) is 5.91 Å². The minimum atomic E-state index is -1.13. The summed E-state index contributed by atoms with van der Waals surface area (Å²) in [6, 6.07) is 14.5. The molecule has 6 heteroatoms. The molecular formula is C19H21NO5. The lowest BCUT2D eigenvalue weighted by atomic mass is 10.1. The molecule has 0 saturated carbocycles. The maximum Gasteiger partial charge on any atom is 0.326 e. The summed E-state index contributed by atoms with van der Waals surface area (Å²) in [4.78, 5) is 23.6. The van der Waals surface area contributed by atoms with Crippen molar-refractivity contribution >= 4 is 11.9 Å². The summed E-state index contributed by atoms with van der Waals surface area (Å²) in [7, 11) is 0. The van der Waals surface area contributed by atoms with E-state index in [9.17, 15) is 19.8 Å². The average molecular weight is 343 g/mol. The van der Waals surface area contributed by atoms with Crippen molar-refractivity contribution in [3.8, 4) is 5.75 Å². The second-order valence-electron chi connectivity index (χ2n) is 5.71. The molecule has 2 aromatic rings. The van der Waals surface area contributed by atoms with E-state index < -0.39 is 24.0 Å². The Hall–Kier alpha value is -2.86. The normalized spacial score (nSPS) is 13.0. The molecule has 0 aliphatic carbocycles. The number of amides is 1. The summed E-state index contributed by atoms with van der Waals surface area (Å²) in [5, 5.41) is 21.1. The smallest absolute Gasteiger partial charge is 0.326 e. The number of rotatable bonds is 8. The minimum absolute atomic E-state index is 0.0996. The molecule has 0 radical (unpaired) electrons. The van der Waals surface area contributed by atoms with Gasteiger partial charge in [-0.15, -0.1) is 0 Å². The van der Waals surface area contributed by atoms with Crippen LogP contribution in [-0.2, 0) is 27.4 Å². The zero-order chi connectivity index (χ0) is 18.2. The van der Waals surface area contributed by atoms with Crippen LogP contribution in [0.5, 0.6) is 5.75 Å². The fourth-order valence-electron chi connectivity index (χ4n) is 2.23. The highest BCUT2D eigenvalue weighted by Crippen LogP contribution is 2.12. The molecule has 3 N–H and O–H groups in total. The van der Waals surface area contributed by atoms with E-state index >= 15 is 0 Å². The number of hydrogen-bond acceptors (Lipinski definition) is 4. The number of carboxylic acids is 1. The number of aliphatic carboxylic acids is 1. The highest BCUT2D eigenvalue weighted by molar-refractivity contribution is 5.86. The van der Waals surface area contributed by atoms with Crippen LogP contribution in [0, 0.1) is 0 Å². The molecule has 132 valence electrons. The second-order valence-corrected chi connectivity index (χ2v) is 5.71. The van der Waals surface area contributed by atoms with Crippen molar-refractivity contribution in [1.29, 1.82) is 0 Å². The molecule has 0 heterocycles. The number of aromatic hydroxyl groups is 1. The zero-order valence-corrected chi connectivity index (χ0v) is 13.9. The molecule has 25 heavy (non-hydrogen) atoms. The maximum atomic E-state index is 12.2. The fourth-order valence-corrected chi connectivity index (χ4v) is 2.23. The van der Waals surface area contributed by atoms with E-state index in [-0.39, 0.29) is 18.8 Å². The first-order valence-corrected chi connectivity index (χ1v) is 7.92. The second kappa shape index (κ2) is 8.84. The van der Waals surface area contributed by atoms with E-state index in [4.69, 9.17) is 4.74 Å². The fraction of sp³-hybridized carbons (Fsp3) is 0.263. The van der Waals surface area contributed by atoms with Crippen LogP contribution in [0.25, 0.3) is 0 Å². The van der Waals surface area contributed by atoms with Gasteiger partial charge in [-0.05, 0) is 30.2 Å². The van der Waals surface area contributed by atoms with Crippen molar-refractivity contribution in [2.45, 2.75) is 32.1 Å². The minimum Gasteiger partial charge on any atom is -0.508 e. The van der Waals surface area contributed by atoms with Gasteiger partial charge in [0.25, 0.3) is 0 Å². The lowest BCUT2D eigenvalue weighted by molar-refractivity contribution is -0.144. The molecule has 2 atom stereocenters. The highest BCUT2D eigenvalue weighted by Gasteiger charge is 2.23. The Morgan fingerprint density at radius 1 is 1.04 bits per heavy atom. The molecule has 0 aliphatic rings. The van der Waals surface area contributed by atoms with Crippen LogP contribution < -0.4 is 5.32 Å². The molecule has 0 saturated heterocycles. The molecule has 0 spiro atoms. The number of carbonyl (C=O) groups excluding carboxylic acids is 1. The highest BCUT2D eigenvalue weighted by atomic mass is 16.5. The van der Waals surface area contributed by atoms with Gasteiger partial charge in [-0.25, -0.2) is 4.79 Å². The predicted molar refractivity (Wildman–Crippen MR) is 92.1 cm³/mol. The Morgan fingerprint density at radius 2 is 1.68 bits per heavy atom. The molecule has 6 nitrogen and oxygen atoms in total. The van der Waals surface area contributed by atoms with Crippen LogP contribution in [0.2, 0.25) is 0 Å². The topological polar surface area (TPSA) is 95.9 Å². The van der Waals surface area contributed by atoms with Gasteiger partial charge < -0.3 is 20.3 Å². The summed E-state index contributed by atoms with van der Waals surface area (Å²) >= 11 is 0. The lowest BCUT2D eigenvalue weighted by Gasteiger charge is -2.18. The van der Waals surface area contributed by atoms with Crippen molar-refractivity contribution in [1.82, 2.24) is 5.32 Å². The SMILES string of the molecule is CC(OCc1ccccc1)C(=O)NC(Cc1ccc(O)cc1)C(=O)O. The third-order valence-electron chi connectivity index (χ3n) is 3.70. The summed E-state index contributed by atoms with van der Waals surface area (Å²) in [6.07, 6.45) is -0.658. The Morgan fingerprint density at radius 3 is 2.28 bits per heavy atom. The van der Waals surface area contributed by atoms with Gasteiger partial charge in [0.05, 0.1) is 6.61 Å². The van der Waals surface area contributed by atoms with E-state index in [0.29, 0.717) is 5.56 Å². The first-order chi connectivity index (χ1) is 12.0. The van der Waals surface area contributed by atoms with Crippen molar-refractivity contribution in [3.63, 3.8) is 0 Å². The first kappa shape index (κ1) is 18.5.